The van der Waals surface area contributed by atoms with E-state index in [1.165, 1.54) is 11.0 Å². The zero-order chi connectivity index (χ0) is 41.2. The summed E-state index contributed by atoms with van der Waals surface area (Å²) in [6, 6.07) is 14.3. The first kappa shape index (κ1) is 41.1. The van der Waals surface area contributed by atoms with Crippen molar-refractivity contribution in [2.45, 2.75) is 64.1 Å². The first-order chi connectivity index (χ1) is 28.5. The van der Waals surface area contributed by atoms with E-state index in [1.54, 1.807) is 13.2 Å². The van der Waals surface area contributed by atoms with Gasteiger partial charge in [-0.15, -0.1) is 0 Å². The van der Waals surface area contributed by atoms with Crippen LogP contribution in [-0.4, -0.2) is 126 Å². The Labute approximate surface area is 352 Å². The number of nitrogens with one attached hydrogen (secondary N) is 2. The summed E-state index contributed by atoms with van der Waals surface area (Å²) in [4.78, 5) is 56.0. The van der Waals surface area contributed by atoms with E-state index in [9.17, 15) is 18.8 Å². The molecule has 59 heavy (non-hydrogen) atoms. The second kappa shape index (κ2) is 17.9. The number of piperidine rings is 2. The van der Waals surface area contributed by atoms with Gasteiger partial charge < -0.3 is 24.6 Å². The van der Waals surface area contributed by atoms with Crippen molar-refractivity contribution in [2.24, 2.45) is 0 Å². The van der Waals surface area contributed by atoms with Gasteiger partial charge >= 0.3 is 0 Å². The standard InChI is InChI=1S/C44H52BrFN8O5/c1-27(30-5-4-6-31(45)21-30)47-42-35-24-39(58-3)40(25-37(35)48-28(2)49-42)59-20-19-53-17-15-52(16-18-53)14-13-51-11-9-29(10-12-51)33-22-32(46)23-34-36(33)26-54(44(34)57)38-7-8-41(55)50-43(38)56/h4-6,21-25,27,29,38H,7-20,26H2,1-3H3,(H,47,48,49)(H,50,55,56). The van der Waals surface area contributed by atoms with Gasteiger partial charge in [-0.1, -0.05) is 28.1 Å². The fourth-order valence-electron chi connectivity index (χ4n) is 8.99. The zero-order valence-electron chi connectivity index (χ0n) is 33.9. The molecular weight excluding hydrogens is 819 g/mol. The molecule has 15 heteroatoms. The van der Waals surface area contributed by atoms with Gasteiger partial charge in [0.05, 0.1) is 18.7 Å². The lowest BCUT2D eigenvalue weighted by Gasteiger charge is -2.37. The summed E-state index contributed by atoms with van der Waals surface area (Å²) >= 11 is 3.57. The number of hydrogen-bond acceptors (Lipinski definition) is 11. The van der Waals surface area contributed by atoms with Crippen molar-refractivity contribution < 1.29 is 28.2 Å². The van der Waals surface area contributed by atoms with E-state index < -0.39 is 17.8 Å². The van der Waals surface area contributed by atoms with Gasteiger partial charge in [-0.25, -0.2) is 14.4 Å². The number of aromatic nitrogens is 2. The largest absolute Gasteiger partial charge is 0.493 e. The zero-order valence-corrected chi connectivity index (χ0v) is 35.5. The molecule has 0 bridgehead atoms. The van der Waals surface area contributed by atoms with Crippen LogP contribution in [0.3, 0.4) is 0 Å². The van der Waals surface area contributed by atoms with Crippen LogP contribution in [0.1, 0.15) is 77.4 Å². The van der Waals surface area contributed by atoms with Crippen molar-refractivity contribution in [2.75, 3.05) is 77.9 Å². The minimum Gasteiger partial charge on any atom is -0.493 e. The number of ether oxygens (including phenoxy) is 2. The number of rotatable bonds is 13. The molecule has 3 amide bonds. The minimum atomic E-state index is -0.712. The van der Waals surface area contributed by atoms with Crippen LogP contribution in [0.15, 0.2) is 53.0 Å². The molecule has 5 heterocycles. The number of hydrogen-bond donors (Lipinski definition) is 2. The van der Waals surface area contributed by atoms with Crippen molar-refractivity contribution in [1.29, 1.82) is 0 Å². The van der Waals surface area contributed by atoms with E-state index >= 15 is 0 Å². The number of amides is 3. The molecular formula is C44H52BrFN8O5. The highest BCUT2D eigenvalue weighted by molar-refractivity contribution is 9.10. The highest BCUT2D eigenvalue weighted by atomic mass is 79.9. The van der Waals surface area contributed by atoms with E-state index in [-0.39, 0.29) is 43.2 Å². The fraction of sp³-hybridized carbons (Fsp3) is 0.477. The maximum atomic E-state index is 14.9. The maximum Gasteiger partial charge on any atom is 0.255 e. The number of anilines is 1. The number of halogens is 2. The number of carbonyl (C=O) groups excluding carboxylic acids is 3. The van der Waals surface area contributed by atoms with Crippen molar-refractivity contribution in [1.82, 2.24) is 34.9 Å². The second-order valence-electron chi connectivity index (χ2n) is 16.1. The summed E-state index contributed by atoms with van der Waals surface area (Å²) in [6.45, 7) is 13.3. The number of likely N-dealkylation sites (tertiary alicyclic amines) is 1. The van der Waals surface area contributed by atoms with Gasteiger partial charge in [-0.3, -0.25) is 29.5 Å². The Balaban J connectivity index is 0.787. The van der Waals surface area contributed by atoms with Crippen molar-refractivity contribution >= 4 is 50.4 Å². The lowest BCUT2D eigenvalue weighted by atomic mass is 9.85. The number of benzene rings is 3. The van der Waals surface area contributed by atoms with Gasteiger partial charge in [-0.05, 0) is 99.1 Å². The van der Waals surface area contributed by atoms with Crippen LogP contribution in [0.4, 0.5) is 10.2 Å². The van der Waals surface area contributed by atoms with E-state index in [4.69, 9.17) is 19.4 Å². The van der Waals surface area contributed by atoms with Gasteiger partial charge in [0.1, 0.15) is 30.1 Å². The molecule has 1 aromatic heterocycles. The molecule has 13 nitrogen and oxygen atoms in total. The van der Waals surface area contributed by atoms with Crippen LogP contribution >= 0.6 is 15.9 Å². The van der Waals surface area contributed by atoms with Crippen LogP contribution in [0.25, 0.3) is 10.9 Å². The van der Waals surface area contributed by atoms with Crippen LogP contribution in [-0.2, 0) is 16.1 Å². The smallest absolute Gasteiger partial charge is 0.255 e. The van der Waals surface area contributed by atoms with Crippen molar-refractivity contribution in [3.05, 3.63) is 86.9 Å². The normalized spacial score (nSPS) is 20.2. The number of fused-ring (bicyclic) bond motifs is 2. The molecule has 4 aromatic rings. The molecule has 0 spiro atoms. The third kappa shape index (κ3) is 9.23. The molecule has 8 rings (SSSR count). The van der Waals surface area contributed by atoms with Gasteiger partial charge in [0.25, 0.3) is 5.91 Å². The number of nitrogens with zero attached hydrogens (tertiary/aromatic N) is 6. The fourth-order valence-corrected chi connectivity index (χ4v) is 9.41. The number of methoxy groups -OCH3 is 1. The Morgan fingerprint density at radius 3 is 2.36 bits per heavy atom. The molecule has 3 fully saturated rings. The molecule has 4 aliphatic heterocycles. The van der Waals surface area contributed by atoms with Crippen LogP contribution < -0.4 is 20.1 Å². The molecule has 0 radical (unpaired) electrons. The number of piperazine rings is 1. The SMILES string of the molecule is COc1cc2c(NC(C)c3cccc(Br)c3)nc(C)nc2cc1OCCN1CCN(CCN2CCC(c3cc(F)cc4c3CN(C3CCC(=O)NC3=O)C4=O)CC2)CC1. The number of aryl methyl sites for hydroxylation is 1. The molecule has 0 saturated carbocycles. The van der Waals surface area contributed by atoms with Crippen LogP contribution in [0.2, 0.25) is 0 Å². The minimum absolute atomic E-state index is 0.0264. The van der Waals surface area contributed by atoms with Crippen molar-refractivity contribution in [3.63, 3.8) is 0 Å². The average Bonchev–Trinajstić information content (AvgIpc) is 3.55. The van der Waals surface area contributed by atoms with Crippen LogP contribution in [0, 0.1) is 12.7 Å². The number of imide groups is 1. The summed E-state index contributed by atoms with van der Waals surface area (Å²) in [7, 11) is 1.65. The molecule has 4 aliphatic rings. The van der Waals surface area contributed by atoms with E-state index in [1.807, 2.05) is 31.2 Å². The van der Waals surface area contributed by atoms with Crippen LogP contribution in [0.5, 0.6) is 11.5 Å². The Hall–Kier alpha value is -4.70. The monoisotopic (exact) mass is 870 g/mol. The Bertz CT molecular complexity index is 2230. The number of carbonyl (C=O) groups is 3. The summed E-state index contributed by atoms with van der Waals surface area (Å²) in [5.74, 6) is 1.34. The summed E-state index contributed by atoms with van der Waals surface area (Å²) < 4.78 is 28.0. The van der Waals surface area contributed by atoms with Gasteiger partial charge in [0, 0.05) is 80.3 Å². The summed E-state index contributed by atoms with van der Waals surface area (Å²) in [6.07, 6.45) is 2.24. The quantitative estimate of drug-likeness (QED) is 0.162. The van der Waals surface area contributed by atoms with Gasteiger partial charge in [0.2, 0.25) is 11.8 Å². The molecule has 3 saturated heterocycles. The molecule has 2 N–H and O–H groups in total. The second-order valence-corrected chi connectivity index (χ2v) is 17.0. The third-order valence-electron chi connectivity index (χ3n) is 12.3. The molecule has 2 atom stereocenters. The Kier molecular flexibility index (Phi) is 12.4. The maximum absolute atomic E-state index is 14.9. The lowest BCUT2D eigenvalue weighted by molar-refractivity contribution is -0.136. The molecule has 2 unspecified atom stereocenters. The first-order valence-corrected chi connectivity index (χ1v) is 21.5. The highest BCUT2D eigenvalue weighted by Gasteiger charge is 2.41. The topological polar surface area (TPSA) is 132 Å². The van der Waals surface area contributed by atoms with Crippen molar-refractivity contribution in [3.8, 4) is 11.5 Å². The van der Waals surface area contributed by atoms with E-state index in [2.05, 4.69) is 60.3 Å². The van der Waals surface area contributed by atoms with Gasteiger partial charge in [0.15, 0.2) is 11.5 Å². The summed E-state index contributed by atoms with van der Waals surface area (Å²) in [5.41, 5.74) is 4.00. The Morgan fingerprint density at radius 2 is 1.64 bits per heavy atom. The lowest BCUT2D eigenvalue weighted by Crippen LogP contribution is -2.52. The summed E-state index contributed by atoms with van der Waals surface area (Å²) in [5, 5.41) is 6.78. The average molecular weight is 872 g/mol. The molecule has 3 aromatic carbocycles. The highest BCUT2D eigenvalue weighted by Crippen LogP contribution is 2.38. The predicted octanol–water partition coefficient (Wildman–Crippen LogP) is 5.66. The predicted molar refractivity (Wildman–Crippen MR) is 226 cm³/mol. The van der Waals surface area contributed by atoms with Gasteiger partial charge in [-0.2, -0.15) is 0 Å². The Morgan fingerprint density at radius 1 is 0.915 bits per heavy atom. The molecule has 0 aliphatic carbocycles. The van der Waals surface area contributed by atoms with E-state index in [0.29, 0.717) is 29.5 Å². The first-order valence-electron chi connectivity index (χ1n) is 20.7. The molecule has 312 valence electrons. The third-order valence-corrected chi connectivity index (χ3v) is 12.8. The van der Waals surface area contributed by atoms with E-state index in [0.717, 1.165) is 110 Å².